The zero-order valence-electron chi connectivity index (χ0n) is 11.4. The van der Waals surface area contributed by atoms with E-state index < -0.39 is 5.97 Å². The predicted octanol–water partition coefficient (Wildman–Crippen LogP) is 3.00. The number of allylic oxidation sites excluding steroid dienone is 1. The second kappa shape index (κ2) is 5.90. The van der Waals surface area contributed by atoms with Crippen molar-refractivity contribution in [2.75, 3.05) is 5.32 Å². The molecule has 0 heterocycles. The van der Waals surface area contributed by atoms with Crippen molar-refractivity contribution >= 4 is 17.6 Å². The summed E-state index contributed by atoms with van der Waals surface area (Å²) in [4.78, 5) is 22.9. The van der Waals surface area contributed by atoms with Crippen LogP contribution in [-0.2, 0) is 16.0 Å². The molecular weight excluding hydrogens is 254 g/mol. The highest BCUT2D eigenvalue weighted by atomic mass is 16.4. The Morgan fingerprint density at radius 1 is 1.30 bits per heavy atom. The molecule has 0 unspecified atom stereocenters. The van der Waals surface area contributed by atoms with Crippen LogP contribution in [0.1, 0.15) is 31.2 Å². The fraction of sp³-hybridized carbons (Fsp3) is 0.375. The lowest BCUT2D eigenvalue weighted by Gasteiger charge is -2.39. The molecule has 1 fully saturated rings. The van der Waals surface area contributed by atoms with Crippen molar-refractivity contribution in [1.82, 2.24) is 0 Å². The molecule has 0 atom stereocenters. The number of carbonyl (C=O) groups excluding carboxylic acids is 1. The van der Waals surface area contributed by atoms with Crippen LogP contribution in [0.5, 0.6) is 0 Å². The first-order chi connectivity index (χ1) is 9.55. The lowest BCUT2D eigenvalue weighted by atomic mass is 9.66. The van der Waals surface area contributed by atoms with Crippen molar-refractivity contribution in [2.45, 2.75) is 32.1 Å². The number of benzene rings is 1. The van der Waals surface area contributed by atoms with Gasteiger partial charge in [-0.15, -0.1) is 6.58 Å². The molecule has 0 bridgehead atoms. The summed E-state index contributed by atoms with van der Waals surface area (Å²) in [6.07, 6.45) is 5.39. The Morgan fingerprint density at radius 2 is 1.95 bits per heavy atom. The molecule has 20 heavy (non-hydrogen) atoms. The molecule has 1 aliphatic carbocycles. The average Bonchev–Trinajstić information content (AvgIpc) is 2.35. The van der Waals surface area contributed by atoms with Crippen molar-refractivity contribution in [1.29, 1.82) is 0 Å². The Labute approximate surface area is 118 Å². The molecule has 1 aliphatic rings. The maximum atomic E-state index is 12.3. The number of aliphatic carboxylic acids is 1. The number of hydrogen-bond acceptors (Lipinski definition) is 2. The summed E-state index contributed by atoms with van der Waals surface area (Å²) in [5, 5.41) is 11.6. The van der Waals surface area contributed by atoms with E-state index in [-0.39, 0.29) is 17.7 Å². The van der Waals surface area contributed by atoms with Crippen LogP contribution >= 0.6 is 0 Å². The highest BCUT2D eigenvalue weighted by molar-refractivity contribution is 5.96. The molecule has 1 aromatic rings. The molecule has 106 valence electrons. The Balaban J connectivity index is 2.00. The van der Waals surface area contributed by atoms with E-state index in [0.717, 1.165) is 24.8 Å². The summed E-state index contributed by atoms with van der Waals surface area (Å²) < 4.78 is 0. The lowest BCUT2D eigenvalue weighted by Crippen LogP contribution is -2.41. The van der Waals surface area contributed by atoms with Gasteiger partial charge in [-0.3, -0.25) is 9.59 Å². The number of carboxylic acid groups (broad SMARTS) is 1. The van der Waals surface area contributed by atoms with Gasteiger partial charge >= 0.3 is 5.97 Å². The summed E-state index contributed by atoms with van der Waals surface area (Å²) in [6, 6.07) is 6.95. The third kappa shape index (κ3) is 3.07. The number of anilines is 1. The maximum Gasteiger partial charge on any atom is 0.307 e. The fourth-order valence-electron chi connectivity index (χ4n) is 2.55. The Morgan fingerprint density at radius 3 is 2.40 bits per heavy atom. The Bertz CT molecular complexity index is 515. The van der Waals surface area contributed by atoms with E-state index in [2.05, 4.69) is 11.9 Å². The average molecular weight is 273 g/mol. The fourth-order valence-corrected chi connectivity index (χ4v) is 2.55. The van der Waals surface area contributed by atoms with Gasteiger partial charge in [0.15, 0.2) is 0 Å². The minimum absolute atomic E-state index is 0.00533. The van der Waals surface area contributed by atoms with Gasteiger partial charge in [0, 0.05) is 5.69 Å². The first-order valence-corrected chi connectivity index (χ1v) is 6.79. The molecule has 0 aromatic heterocycles. The van der Waals surface area contributed by atoms with Crippen molar-refractivity contribution in [2.24, 2.45) is 5.41 Å². The first kappa shape index (κ1) is 14.3. The summed E-state index contributed by atoms with van der Waals surface area (Å²) in [5.74, 6) is -0.823. The zero-order valence-corrected chi connectivity index (χ0v) is 11.4. The second-order valence-corrected chi connectivity index (χ2v) is 5.35. The van der Waals surface area contributed by atoms with Gasteiger partial charge in [-0.05, 0) is 37.0 Å². The minimum Gasteiger partial charge on any atom is -0.481 e. The van der Waals surface area contributed by atoms with Crippen LogP contribution in [-0.4, -0.2) is 17.0 Å². The zero-order chi connectivity index (χ0) is 14.6. The van der Waals surface area contributed by atoms with Gasteiger partial charge in [-0.25, -0.2) is 0 Å². The van der Waals surface area contributed by atoms with Crippen LogP contribution in [0, 0.1) is 5.41 Å². The van der Waals surface area contributed by atoms with Gasteiger partial charge in [0.2, 0.25) is 5.91 Å². The lowest BCUT2D eigenvalue weighted by molar-refractivity contribution is -0.136. The second-order valence-electron chi connectivity index (χ2n) is 5.35. The molecule has 0 radical (unpaired) electrons. The summed E-state index contributed by atoms with van der Waals surface area (Å²) in [6.45, 7) is 3.72. The van der Waals surface area contributed by atoms with Crippen molar-refractivity contribution < 1.29 is 14.7 Å². The molecule has 0 aliphatic heterocycles. The SMILES string of the molecule is C=CCC1(C(=O)Nc2ccc(CC(=O)O)cc2)CCC1. The summed E-state index contributed by atoms with van der Waals surface area (Å²) >= 11 is 0. The molecule has 0 spiro atoms. The third-order valence-corrected chi connectivity index (χ3v) is 3.89. The minimum atomic E-state index is -0.860. The monoisotopic (exact) mass is 273 g/mol. The van der Waals surface area contributed by atoms with Crippen molar-refractivity contribution in [3.05, 3.63) is 42.5 Å². The molecule has 1 saturated carbocycles. The van der Waals surface area contributed by atoms with E-state index in [4.69, 9.17) is 5.11 Å². The van der Waals surface area contributed by atoms with Gasteiger partial charge in [0.1, 0.15) is 0 Å². The van der Waals surface area contributed by atoms with Crippen LogP contribution < -0.4 is 5.32 Å². The number of amides is 1. The topological polar surface area (TPSA) is 66.4 Å². The van der Waals surface area contributed by atoms with Crippen LogP contribution in [0.25, 0.3) is 0 Å². The van der Waals surface area contributed by atoms with E-state index in [0.29, 0.717) is 12.1 Å². The normalized spacial score (nSPS) is 16.0. The number of nitrogens with one attached hydrogen (secondary N) is 1. The first-order valence-electron chi connectivity index (χ1n) is 6.79. The van der Waals surface area contributed by atoms with Crippen molar-refractivity contribution in [3.63, 3.8) is 0 Å². The number of rotatable bonds is 6. The molecule has 1 amide bonds. The number of carbonyl (C=O) groups is 2. The summed E-state index contributed by atoms with van der Waals surface area (Å²) in [7, 11) is 0. The predicted molar refractivity (Wildman–Crippen MR) is 77.5 cm³/mol. The van der Waals surface area contributed by atoms with Crippen LogP contribution in [0.4, 0.5) is 5.69 Å². The molecule has 2 N–H and O–H groups in total. The molecule has 4 heteroatoms. The largest absolute Gasteiger partial charge is 0.481 e. The van der Waals surface area contributed by atoms with E-state index >= 15 is 0 Å². The molecular formula is C16H19NO3. The molecule has 0 saturated heterocycles. The van der Waals surface area contributed by atoms with Gasteiger partial charge in [-0.1, -0.05) is 24.6 Å². The van der Waals surface area contributed by atoms with E-state index in [1.807, 2.05) is 0 Å². The van der Waals surface area contributed by atoms with E-state index in [1.165, 1.54) is 0 Å². The maximum absolute atomic E-state index is 12.3. The Hall–Kier alpha value is -2.10. The van der Waals surface area contributed by atoms with E-state index in [1.54, 1.807) is 30.3 Å². The quantitative estimate of drug-likeness (QED) is 0.783. The summed E-state index contributed by atoms with van der Waals surface area (Å²) in [5.41, 5.74) is 1.14. The van der Waals surface area contributed by atoms with Gasteiger partial charge in [0.05, 0.1) is 11.8 Å². The Kier molecular flexibility index (Phi) is 4.23. The van der Waals surface area contributed by atoms with Gasteiger partial charge in [0.25, 0.3) is 0 Å². The highest BCUT2D eigenvalue weighted by Gasteiger charge is 2.42. The molecule has 2 rings (SSSR count). The third-order valence-electron chi connectivity index (χ3n) is 3.89. The molecule has 1 aromatic carbocycles. The van der Waals surface area contributed by atoms with Crippen LogP contribution in [0.2, 0.25) is 0 Å². The van der Waals surface area contributed by atoms with Gasteiger partial charge in [-0.2, -0.15) is 0 Å². The molecule has 4 nitrogen and oxygen atoms in total. The standard InChI is InChI=1S/C16H19NO3/c1-2-8-16(9-3-10-16)15(20)17-13-6-4-12(5-7-13)11-14(18)19/h2,4-7H,1,3,8-11H2,(H,17,20)(H,18,19). The number of hydrogen-bond donors (Lipinski definition) is 2. The number of carboxylic acids is 1. The van der Waals surface area contributed by atoms with Crippen LogP contribution in [0.3, 0.4) is 0 Å². The van der Waals surface area contributed by atoms with Crippen LogP contribution in [0.15, 0.2) is 36.9 Å². The van der Waals surface area contributed by atoms with E-state index in [9.17, 15) is 9.59 Å². The smallest absolute Gasteiger partial charge is 0.307 e. The highest BCUT2D eigenvalue weighted by Crippen LogP contribution is 2.45. The van der Waals surface area contributed by atoms with Crippen molar-refractivity contribution in [3.8, 4) is 0 Å². The van der Waals surface area contributed by atoms with Gasteiger partial charge < -0.3 is 10.4 Å².